The molecule has 0 radical (unpaired) electrons. The van der Waals surface area contributed by atoms with E-state index in [0.717, 1.165) is 22.4 Å². The number of nitrogens with zero attached hydrogens (tertiary/aromatic N) is 3. The number of benzene rings is 3. The van der Waals surface area contributed by atoms with E-state index in [2.05, 4.69) is 52.0 Å². The number of hydrogen-bond acceptors (Lipinski definition) is 3. The first-order chi connectivity index (χ1) is 16.2. The molecule has 5 rings (SSSR count). The van der Waals surface area contributed by atoms with Crippen molar-refractivity contribution in [1.82, 2.24) is 9.55 Å². The maximum Gasteiger partial charge on any atom is 0.307 e. The summed E-state index contributed by atoms with van der Waals surface area (Å²) in [5.74, 6) is -1.87. The zero-order chi connectivity index (χ0) is 22.8. The summed E-state index contributed by atoms with van der Waals surface area (Å²) in [7, 11) is 0. The lowest BCUT2D eigenvalue weighted by molar-refractivity contribution is -0.138. The van der Waals surface area contributed by atoms with Crippen molar-refractivity contribution < 1.29 is 9.90 Å². The molecule has 33 heavy (non-hydrogen) atoms. The van der Waals surface area contributed by atoms with Crippen LogP contribution >= 0.6 is 0 Å². The third kappa shape index (κ3) is 3.41. The van der Waals surface area contributed by atoms with Crippen molar-refractivity contribution in [2.24, 2.45) is 11.8 Å². The Morgan fingerprint density at radius 2 is 1.39 bits per heavy atom. The standard InChI is InChI=1S/C28H23N3O2/c29-17-16-23-25(26(23)27(32)33)24-18-31(19-30-24)28(20-10-4-1-5-11-20,21-12-6-2-7-13-21)22-14-8-3-9-15-22/h1-15,18-19,23,25-26H,16H2,(H,32,33). The van der Waals surface area contributed by atoms with Crippen molar-refractivity contribution >= 4 is 5.97 Å². The minimum Gasteiger partial charge on any atom is -0.481 e. The number of rotatable bonds is 7. The molecule has 1 fully saturated rings. The van der Waals surface area contributed by atoms with Crippen LogP contribution in [-0.4, -0.2) is 20.6 Å². The van der Waals surface area contributed by atoms with Gasteiger partial charge in [0.25, 0.3) is 0 Å². The average molecular weight is 434 g/mol. The molecule has 1 aliphatic rings. The molecule has 1 aliphatic carbocycles. The molecule has 3 unspecified atom stereocenters. The summed E-state index contributed by atoms with van der Waals surface area (Å²) in [6.45, 7) is 0. The second-order valence-electron chi connectivity index (χ2n) is 8.43. The minimum atomic E-state index is -0.866. The molecule has 3 atom stereocenters. The Labute approximate surface area is 192 Å². The lowest BCUT2D eigenvalue weighted by atomic mass is 9.77. The van der Waals surface area contributed by atoms with Crippen molar-refractivity contribution in [2.45, 2.75) is 17.9 Å². The van der Waals surface area contributed by atoms with Gasteiger partial charge in [0.1, 0.15) is 5.54 Å². The molecule has 5 nitrogen and oxygen atoms in total. The number of imidazole rings is 1. The Morgan fingerprint density at radius 1 is 0.909 bits per heavy atom. The molecule has 4 aromatic rings. The van der Waals surface area contributed by atoms with Crippen molar-refractivity contribution in [3.8, 4) is 6.07 Å². The van der Waals surface area contributed by atoms with Crippen molar-refractivity contribution in [1.29, 1.82) is 5.26 Å². The highest BCUT2D eigenvalue weighted by Crippen LogP contribution is 2.55. The molecular weight excluding hydrogens is 410 g/mol. The van der Waals surface area contributed by atoms with E-state index in [4.69, 9.17) is 5.26 Å². The van der Waals surface area contributed by atoms with Crippen LogP contribution in [0.2, 0.25) is 0 Å². The monoisotopic (exact) mass is 433 g/mol. The predicted molar refractivity (Wildman–Crippen MR) is 124 cm³/mol. The van der Waals surface area contributed by atoms with Crippen molar-refractivity contribution in [2.75, 3.05) is 0 Å². The molecule has 3 aromatic carbocycles. The highest BCUT2D eigenvalue weighted by Gasteiger charge is 2.57. The number of nitriles is 1. The molecular formula is C28H23N3O2. The van der Waals surface area contributed by atoms with Gasteiger partial charge in [-0.2, -0.15) is 5.26 Å². The number of carboxylic acid groups (broad SMARTS) is 1. The van der Waals surface area contributed by atoms with Crippen molar-refractivity contribution in [3.63, 3.8) is 0 Å². The largest absolute Gasteiger partial charge is 0.481 e. The molecule has 0 aliphatic heterocycles. The van der Waals surface area contributed by atoms with Gasteiger partial charge in [0.15, 0.2) is 0 Å². The topological polar surface area (TPSA) is 78.9 Å². The second-order valence-corrected chi connectivity index (χ2v) is 8.43. The molecule has 0 saturated heterocycles. The summed E-state index contributed by atoms with van der Waals surface area (Å²) in [6.07, 6.45) is 3.98. The van der Waals surface area contributed by atoms with E-state index in [1.165, 1.54) is 0 Å². The summed E-state index contributed by atoms with van der Waals surface area (Å²) >= 11 is 0. The summed E-state index contributed by atoms with van der Waals surface area (Å²) in [5.41, 5.74) is 3.25. The van der Waals surface area contributed by atoms with E-state index in [1.807, 2.05) is 60.8 Å². The van der Waals surface area contributed by atoms with E-state index < -0.39 is 17.4 Å². The van der Waals surface area contributed by atoms with Gasteiger partial charge in [0, 0.05) is 18.5 Å². The average Bonchev–Trinajstić information content (AvgIpc) is 3.37. The van der Waals surface area contributed by atoms with E-state index in [0.29, 0.717) is 0 Å². The van der Waals surface area contributed by atoms with Crippen LogP contribution < -0.4 is 0 Å². The molecule has 1 saturated carbocycles. The van der Waals surface area contributed by atoms with Gasteiger partial charge in [0.05, 0.1) is 24.0 Å². The van der Waals surface area contributed by atoms with Gasteiger partial charge in [0.2, 0.25) is 0 Å². The first-order valence-electron chi connectivity index (χ1n) is 11.0. The summed E-state index contributed by atoms with van der Waals surface area (Å²) in [6, 6.07) is 32.9. The van der Waals surface area contributed by atoms with Gasteiger partial charge < -0.3 is 9.67 Å². The van der Waals surface area contributed by atoms with E-state index in [1.54, 1.807) is 6.33 Å². The third-order valence-electron chi connectivity index (χ3n) is 6.69. The Hall–Kier alpha value is -4.17. The first-order valence-corrected chi connectivity index (χ1v) is 11.0. The number of carboxylic acids is 1. The van der Waals surface area contributed by atoms with Gasteiger partial charge in [-0.1, -0.05) is 91.0 Å². The van der Waals surface area contributed by atoms with Gasteiger partial charge in [-0.05, 0) is 22.6 Å². The van der Waals surface area contributed by atoms with Crippen LogP contribution in [0.3, 0.4) is 0 Å². The Kier molecular flexibility index (Phi) is 5.27. The Bertz CT molecular complexity index is 1200. The minimum absolute atomic E-state index is 0.199. The smallest absolute Gasteiger partial charge is 0.307 e. The molecule has 162 valence electrons. The zero-order valence-corrected chi connectivity index (χ0v) is 18.0. The van der Waals surface area contributed by atoms with Crippen LogP contribution in [0.4, 0.5) is 0 Å². The zero-order valence-electron chi connectivity index (χ0n) is 18.0. The molecule has 0 amide bonds. The van der Waals surface area contributed by atoms with Crippen molar-refractivity contribution in [3.05, 3.63) is 126 Å². The normalized spacial score (nSPS) is 19.5. The molecule has 1 heterocycles. The Balaban J connectivity index is 1.72. The number of hydrogen-bond donors (Lipinski definition) is 1. The summed E-state index contributed by atoms with van der Waals surface area (Å²) < 4.78 is 2.09. The predicted octanol–water partition coefficient (Wildman–Crippen LogP) is 5.05. The molecule has 1 aromatic heterocycles. The lowest BCUT2D eigenvalue weighted by Crippen LogP contribution is -2.36. The quantitative estimate of drug-likeness (QED) is 0.414. The summed E-state index contributed by atoms with van der Waals surface area (Å²) in [4.78, 5) is 16.4. The van der Waals surface area contributed by atoms with Gasteiger partial charge in [-0.15, -0.1) is 0 Å². The fourth-order valence-electron chi connectivity index (χ4n) is 5.15. The maximum atomic E-state index is 11.8. The van der Waals surface area contributed by atoms with E-state index in [9.17, 15) is 9.90 Å². The SMILES string of the molecule is N#CCC1C(C(=O)O)C1c1cn(C(c2ccccc2)(c2ccccc2)c2ccccc2)cn1. The lowest BCUT2D eigenvalue weighted by Gasteiger charge is -2.37. The number of aromatic nitrogens is 2. The second kappa shape index (κ2) is 8.40. The molecule has 0 bridgehead atoms. The van der Waals surface area contributed by atoms with Crippen LogP contribution in [0.1, 0.15) is 34.7 Å². The van der Waals surface area contributed by atoms with Crippen LogP contribution in [0.15, 0.2) is 104 Å². The highest BCUT2D eigenvalue weighted by atomic mass is 16.4. The fourth-order valence-corrected chi connectivity index (χ4v) is 5.15. The van der Waals surface area contributed by atoms with Crippen LogP contribution in [0.5, 0.6) is 0 Å². The van der Waals surface area contributed by atoms with Crippen LogP contribution in [-0.2, 0) is 10.3 Å². The molecule has 1 N–H and O–H groups in total. The molecule has 0 spiro atoms. The van der Waals surface area contributed by atoms with Gasteiger partial charge >= 0.3 is 5.97 Å². The Morgan fingerprint density at radius 3 is 1.82 bits per heavy atom. The van der Waals surface area contributed by atoms with E-state index >= 15 is 0 Å². The molecule has 5 heteroatoms. The maximum absolute atomic E-state index is 11.8. The first kappa shape index (κ1) is 20.7. The highest BCUT2D eigenvalue weighted by molar-refractivity contribution is 5.76. The van der Waals surface area contributed by atoms with Gasteiger partial charge in [-0.3, -0.25) is 4.79 Å². The fraction of sp³-hybridized carbons (Fsp3) is 0.179. The van der Waals surface area contributed by atoms with Gasteiger partial charge in [-0.25, -0.2) is 4.98 Å². The number of carbonyl (C=O) groups is 1. The van der Waals surface area contributed by atoms with Crippen LogP contribution in [0, 0.1) is 23.2 Å². The van der Waals surface area contributed by atoms with E-state index in [-0.39, 0.29) is 18.3 Å². The third-order valence-corrected chi connectivity index (χ3v) is 6.69. The van der Waals surface area contributed by atoms with Crippen LogP contribution in [0.25, 0.3) is 0 Å². The number of aliphatic carboxylic acids is 1. The summed E-state index contributed by atoms with van der Waals surface area (Å²) in [5, 5.41) is 18.8.